The predicted molar refractivity (Wildman–Crippen MR) is 98.4 cm³/mol. The molecule has 1 aliphatic rings. The molecule has 2 atom stereocenters. The molecule has 7 heteroatoms. The van der Waals surface area contributed by atoms with Crippen LogP contribution in [-0.2, 0) is 11.3 Å². The van der Waals surface area contributed by atoms with Crippen molar-refractivity contribution in [2.24, 2.45) is 5.92 Å². The molecule has 6 nitrogen and oxygen atoms in total. The van der Waals surface area contributed by atoms with E-state index in [0.29, 0.717) is 35.8 Å². The standard InChI is InChI=1S/C19H22ClN3O3/c1-12-16(17(20)23(22-12)11-13-6-3-2-4-7-13)18(24)21-15-9-5-8-14(10-15)19(25)26/h2-4,6-7,14-15H,5,8-11H2,1H3,(H,21,24)(H,25,26). The number of rotatable bonds is 5. The first-order valence-electron chi connectivity index (χ1n) is 8.76. The van der Waals surface area contributed by atoms with E-state index in [0.717, 1.165) is 18.4 Å². The Morgan fingerprint density at radius 2 is 2.04 bits per heavy atom. The molecule has 1 fully saturated rings. The summed E-state index contributed by atoms with van der Waals surface area (Å²) in [7, 11) is 0. The molecule has 1 aromatic heterocycles. The van der Waals surface area contributed by atoms with E-state index in [1.165, 1.54) is 0 Å². The molecule has 2 N–H and O–H groups in total. The third kappa shape index (κ3) is 4.07. The van der Waals surface area contributed by atoms with E-state index in [4.69, 9.17) is 11.6 Å². The second kappa shape index (κ2) is 7.91. The summed E-state index contributed by atoms with van der Waals surface area (Å²) in [6.45, 7) is 2.24. The minimum absolute atomic E-state index is 0.148. The highest BCUT2D eigenvalue weighted by molar-refractivity contribution is 6.33. The summed E-state index contributed by atoms with van der Waals surface area (Å²) >= 11 is 6.42. The van der Waals surface area contributed by atoms with Gasteiger partial charge in [-0.1, -0.05) is 48.4 Å². The first kappa shape index (κ1) is 18.5. The molecule has 1 amide bonds. The summed E-state index contributed by atoms with van der Waals surface area (Å²) in [5, 5.41) is 16.8. The fraction of sp³-hybridized carbons (Fsp3) is 0.421. The van der Waals surface area contributed by atoms with Crippen molar-refractivity contribution in [1.29, 1.82) is 0 Å². The van der Waals surface area contributed by atoms with Gasteiger partial charge < -0.3 is 10.4 Å². The SMILES string of the molecule is Cc1nn(Cc2ccccc2)c(Cl)c1C(=O)NC1CCCC(C(=O)O)C1. The largest absolute Gasteiger partial charge is 0.481 e. The highest BCUT2D eigenvalue weighted by atomic mass is 35.5. The van der Waals surface area contributed by atoms with Crippen molar-refractivity contribution in [2.75, 3.05) is 0 Å². The molecule has 1 aliphatic carbocycles. The monoisotopic (exact) mass is 375 g/mol. The van der Waals surface area contributed by atoms with Gasteiger partial charge in [0.25, 0.3) is 5.91 Å². The van der Waals surface area contributed by atoms with Crippen molar-refractivity contribution in [3.8, 4) is 0 Å². The molecule has 2 unspecified atom stereocenters. The van der Waals surface area contributed by atoms with E-state index in [9.17, 15) is 14.7 Å². The Bertz CT molecular complexity index is 804. The highest BCUT2D eigenvalue weighted by Gasteiger charge is 2.29. The van der Waals surface area contributed by atoms with Crippen LogP contribution in [0.1, 0.15) is 47.3 Å². The number of benzene rings is 1. The lowest BCUT2D eigenvalue weighted by atomic mass is 9.85. The quantitative estimate of drug-likeness (QED) is 0.840. The van der Waals surface area contributed by atoms with Crippen LogP contribution in [0.15, 0.2) is 30.3 Å². The number of carboxylic acids is 1. The maximum Gasteiger partial charge on any atom is 0.306 e. The summed E-state index contributed by atoms with van der Waals surface area (Å²) < 4.78 is 1.61. The summed E-state index contributed by atoms with van der Waals surface area (Å²) in [6.07, 6.45) is 2.69. The van der Waals surface area contributed by atoms with Gasteiger partial charge in [-0.05, 0) is 31.7 Å². The average molecular weight is 376 g/mol. The Morgan fingerprint density at radius 3 is 2.73 bits per heavy atom. The molecule has 0 aliphatic heterocycles. The highest BCUT2D eigenvalue weighted by Crippen LogP contribution is 2.26. The normalized spacial score (nSPS) is 19.9. The lowest BCUT2D eigenvalue weighted by molar-refractivity contribution is -0.143. The van der Waals surface area contributed by atoms with Gasteiger partial charge in [0.1, 0.15) is 5.15 Å². The van der Waals surface area contributed by atoms with Crippen LogP contribution in [0.25, 0.3) is 0 Å². The lowest BCUT2D eigenvalue weighted by Gasteiger charge is -2.27. The number of aliphatic carboxylic acids is 1. The first-order valence-corrected chi connectivity index (χ1v) is 9.14. The molecule has 0 saturated heterocycles. The maximum absolute atomic E-state index is 12.7. The third-order valence-electron chi connectivity index (χ3n) is 4.83. The zero-order chi connectivity index (χ0) is 18.7. The van der Waals surface area contributed by atoms with Crippen LogP contribution < -0.4 is 5.32 Å². The smallest absolute Gasteiger partial charge is 0.306 e. The third-order valence-corrected chi connectivity index (χ3v) is 5.21. The Kier molecular flexibility index (Phi) is 5.61. The van der Waals surface area contributed by atoms with Gasteiger partial charge in [-0.3, -0.25) is 9.59 Å². The molecule has 1 saturated carbocycles. The van der Waals surface area contributed by atoms with E-state index < -0.39 is 11.9 Å². The molecule has 0 radical (unpaired) electrons. The van der Waals surface area contributed by atoms with Gasteiger partial charge in [0.05, 0.1) is 23.7 Å². The van der Waals surface area contributed by atoms with Crippen LogP contribution >= 0.6 is 11.6 Å². The Morgan fingerprint density at radius 1 is 1.31 bits per heavy atom. The van der Waals surface area contributed by atoms with Gasteiger partial charge >= 0.3 is 5.97 Å². The van der Waals surface area contributed by atoms with Gasteiger partial charge in [0.15, 0.2) is 0 Å². The molecule has 3 rings (SSSR count). The van der Waals surface area contributed by atoms with Crippen molar-refractivity contribution in [2.45, 2.75) is 45.2 Å². The van der Waals surface area contributed by atoms with E-state index in [1.54, 1.807) is 11.6 Å². The molecular formula is C19H22ClN3O3. The number of aryl methyl sites for hydroxylation is 1. The van der Waals surface area contributed by atoms with Crippen molar-refractivity contribution >= 4 is 23.5 Å². The minimum Gasteiger partial charge on any atom is -0.481 e. The average Bonchev–Trinajstić information content (AvgIpc) is 2.89. The molecular weight excluding hydrogens is 354 g/mol. The van der Waals surface area contributed by atoms with Gasteiger partial charge in [-0.15, -0.1) is 0 Å². The van der Waals surface area contributed by atoms with Crippen LogP contribution in [0.2, 0.25) is 5.15 Å². The van der Waals surface area contributed by atoms with E-state index >= 15 is 0 Å². The fourth-order valence-electron chi connectivity index (χ4n) is 3.48. The van der Waals surface area contributed by atoms with Crippen LogP contribution in [0.3, 0.4) is 0 Å². The maximum atomic E-state index is 12.7. The van der Waals surface area contributed by atoms with Crippen molar-refractivity contribution in [3.05, 3.63) is 52.3 Å². The van der Waals surface area contributed by atoms with Gasteiger partial charge in [-0.2, -0.15) is 5.10 Å². The zero-order valence-electron chi connectivity index (χ0n) is 14.6. The number of carbonyl (C=O) groups excluding carboxylic acids is 1. The number of nitrogens with zero attached hydrogens (tertiary/aromatic N) is 2. The number of carbonyl (C=O) groups is 2. The van der Waals surface area contributed by atoms with Crippen molar-refractivity contribution in [3.63, 3.8) is 0 Å². The van der Waals surface area contributed by atoms with Crippen LogP contribution in [0.5, 0.6) is 0 Å². The minimum atomic E-state index is -0.797. The van der Waals surface area contributed by atoms with Gasteiger partial charge in [0, 0.05) is 6.04 Å². The summed E-state index contributed by atoms with van der Waals surface area (Å²) in [5.41, 5.74) is 1.97. The zero-order valence-corrected chi connectivity index (χ0v) is 15.4. The number of amides is 1. The summed E-state index contributed by atoms with van der Waals surface area (Å²) in [5.74, 6) is -1.48. The molecule has 0 spiro atoms. The number of halogens is 1. The van der Waals surface area contributed by atoms with E-state index in [-0.39, 0.29) is 11.9 Å². The number of hydrogen-bond acceptors (Lipinski definition) is 3. The Labute approximate surface area is 157 Å². The number of nitrogens with one attached hydrogen (secondary N) is 1. The number of hydrogen-bond donors (Lipinski definition) is 2. The topological polar surface area (TPSA) is 84.2 Å². The van der Waals surface area contributed by atoms with E-state index in [1.807, 2.05) is 30.3 Å². The molecule has 1 aromatic carbocycles. The Balaban J connectivity index is 1.72. The molecule has 1 heterocycles. The van der Waals surface area contributed by atoms with E-state index in [2.05, 4.69) is 10.4 Å². The number of carboxylic acid groups (broad SMARTS) is 1. The summed E-state index contributed by atoms with van der Waals surface area (Å²) in [6, 6.07) is 9.62. The molecule has 0 bridgehead atoms. The lowest BCUT2D eigenvalue weighted by Crippen LogP contribution is -2.40. The van der Waals surface area contributed by atoms with Crippen molar-refractivity contribution < 1.29 is 14.7 Å². The van der Waals surface area contributed by atoms with Gasteiger partial charge in [-0.25, -0.2) is 4.68 Å². The van der Waals surface area contributed by atoms with Crippen LogP contribution in [0.4, 0.5) is 0 Å². The Hall–Kier alpha value is -2.34. The molecule has 138 valence electrons. The fourth-order valence-corrected chi connectivity index (χ4v) is 3.80. The molecule has 2 aromatic rings. The van der Waals surface area contributed by atoms with Gasteiger partial charge in [0.2, 0.25) is 0 Å². The van der Waals surface area contributed by atoms with Crippen molar-refractivity contribution in [1.82, 2.24) is 15.1 Å². The predicted octanol–water partition coefficient (Wildman–Crippen LogP) is 3.27. The van der Waals surface area contributed by atoms with Crippen LogP contribution in [-0.4, -0.2) is 32.8 Å². The molecule has 26 heavy (non-hydrogen) atoms. The second-order valence-corrected chi connectivity index (χ2v) is 7.12. The second-order valence-electron chi connectivity index (χ2n) is 6.77. The summed E-state index contributed by atoms with van der Waals surface area (Å²) in [4.78, 5) is 23.9. The first-order chi connectivity index (χ1) is 12.5. The van der Waals surface area contributed by atoms with Crippen LogP contribution in [0, 0.1) is 12.8 Å². The number of aromatic nitrogens is 2.